The zero-order valence-corrected chi connectivity index (χ0v) is 16.3. The van der Waals surface area contributed by atoms with Crippen LogP contribution in [-0.2, 0) is 6.42 Å². The largest absolute Gasteiger partial charge is 0.324 e. The van der Waals surface area contributed by atoms with E-state index in [1.54, 1.807) is 0 Å². The first-order chi connectivity index (χ1) is 13.0. The number of carbonyl (C=O) groups excluding carboxylic acids is 1. The lowest BCUT2D eigenvalue weighted by molar-refractivity contribution is 0.102. The molecule has 0 radical (unpaired) electrons. The van der Waals surface area contributed by atoms with Crippen molar-refractivity contribution in [3.8, 4) is 0 Å². The summed E-state index contributed by atoms with van der Waals surface area (Å²) in [5.41, 5.74) is 5.05. The zero-order chi connectivity index (χ0) is 19.4. The summed E-state index contributed by atoms with van der Waals surface area (Å²) in [6.45, 7) is 5.96. The van der Waals surface area contributed by atoms with E-state index >= 15 is 0 Å². The van der Waals surface area contributed by atoms with Crippen LogP contribution in [0.25, 0.3) is 0 Å². The van der Waals surface area contributed by atoms with E-state index in [2.05, 4.69) is 33.6 Å². The highest BCUT2D eigenvalue weighted by molar-refractivity contribution is 6.34. The molecule has 0 unspecified atom stereocenters. The standard InChI is InChI=1S/C21H21ClN4O/c1-4-15-7-5-6-8-18(15)25-21-23-11-16(12-24-21)20(27)26-19-14(3)9-13(2)10-17(19)22/h5-12H,4H2,1-3H3,(H,26,27)(H,23,24,25). The second-order valence-corrected chi connectivity index (χ2v) is 6.73. The number of aryl methyl sites for hydroxylation is 3. The van der Waals surface area contributed by atoms with Crippen LogP contribution in [0.5, 0.6) is 0 Å². The van der Waals surface area contributed by atoms with Gasteiger partial charge in [-0.2, -0.15) is 0 Å². The summed E-state index contributed by atoms with van der Waals surface area (Å²) in [7, 11) is 0. The highest BCUT2D eigenvalue weighted by Crippen LogP contribution is 2.27. The number of nitrogens with zero attached hydrogens (tertiary/aromatic N) is 2. The molecule has 1 aromatic heterocycles. The summed E-state index contributed by atoms with van der Waals surface area (Å²) in [5, 5.41) is 6.54. The highest BCUT2D eigenvalue weighted by Gasteiger charge is 2.12. The number of aromatic nitrogens is 2. The summed E-state index contributed by atoms with van der Waals surface area (Å²) >= 11 is 6.25. The first-order valence-electron chi connectivity index (χ1n) is 8.73. The Morgan fingerprint density at radius 1 is 1.11 bits per heavy atom. The van der Waals surface area contributed by atoms with E-state index in [4.69, 9.17) is 11.6 Å². The third kappa shape index (κ3) is 4.44. The average molecular weight is 381 g/mol. The Balaban J connectivity index is 1.74. The van der Waals surface area contributed by atoms with E-state index in [-0.39, 0.29) is 5.91 Å². The van der Waals surface area contributed by atoms with Crippen LogP contribution in [0.4, 0.5) is 17.3 Å². The molecule has 3 aromatic rings. The van der Waals surface area contributed by atoms with Crippen molar-refractivity contribution in [3.05, 3.63) is 76.1 Å². The lowest BCUT2D eigenvalue weighted by Gasteiger charge is -2.12. The van der Waals surface area contributed by atoms with Gasteiger partial charge < -0.3 is 10.6 Å². The molecule has 2 aromatic carbocycles. The van der Waals surface area contributed by atoms with E-state index in [1.165, 1.54) is 18.0 Å². The predicted molar refractivity (Wildman–Crippen MR) is 110 cm³/mol. The van der Waals surface area contributed by atoms with Gasteiger partial charge in [-0.3, -0.25) is 4.79 Å². The monoisotopic (exact) mass is 380 g/mol. The molecule has 3 rings (SSSR count). The van der Waals surface area contributed by atoms with Crippen molar-refractivity contribution >= 4 is 34.8 Å². The van der Waals surface area contributed by atoms with Gasteiger partial charge in [-0.15, -0.1) is 0 Å². The lowest BCUT2D eigenvalue weighted by Crippen LogP contribution is -2.14. The zero-order valence-electron chi connectivity index (χ0n) is 15.5. The van der Waals surface area contributed by atoms with Gasteiger partial charge in [0.15, 0.2) is 0 Å². The quantitative estimate of drug-likeness (QED) is 0.629. The van der Waals surface area contributed by atoms with Crippen LogP contribution in [-0.4, -0.2) is 15.9 Å². The number of nitrogens with one attached hydrogen (secondary N) is 2. The molecule has 0 spiro atoms. The fourth-order valence-electron chi connectivity index (χ4n) is 2.84. The fraction of sp³-hybridized carbons (Fsp3) is 0.190. The molecule has 0 aliphatic carbocycles. The Morgan fingerprint density at radius 2 is 1.81 bits per heavy atom. The van der Waals surface area contributed by atoms with E-state index in [9.17, 15) is 4.79 Å². The first kappa shape index (κ1) is 18.9. The number of halogens is 1. The smallest absolute Gasteiger partial charge is 0.258 e. The van der Waals surface area contributed by atoms with E-state index in [0.29, 0.717) is 22.2 Å². The molecular weight excluding hydrogens is 360 g/mol. The molecule has 1 amide bonds. The molecule has 0 atom stereocenters. The molecule has 138 valence electrons. The number of amides is 1. The van der Waals surface area contributed by atoms with Crippen molar-refractivity contribution in [1.82, 2.24) is 9.97 Å². The van der Waals surface area contributed by atoms with Crippen LogP contribution >= 0.6 is 11.6 Å². The molecule has 0 fully saturated rings. The summed E-state index contributed by atoms with van der Waals surface area (Å²) in [5.74, 6) is 0.140. The summed E-state index contributed by atoms with van der Waals surface area (Å²) in [4.78, 5) is 21.0. The third-order valence-electron chi connectivity index (χ3n) is 4.23. The van der Waals surface area contributed by atoms with Crippen molar-refractivity contribution in [2.75, 3.05) is 10.6 Å². The van der Waals surface area contributed by atoms with Crippen molar-refractivity contribution < 1.29 is 4.79 Å². The Morgan fingerprint density at radius 3 is 2.48 bits per heavy atom. The molecule has 5 nitrogen and oxygen atoms in total. The van der Waals surface area contributed by atoms with Crippen molar-refractivity contribution in [2.24, 2.45) is 0 Å². The van der Waals surface area contributed by atoms with E-state index in [1.807, 2.05) is 44.2 Å². The number of benzene rings is 2. The Labute approximate surface area is 163 Å². The fourth-order valence-corrected chi connectivity index (χ4v) is 3.21. The van der Waals surface area contributed by atoms with E-state index in [0.717, 1.165) is 23.2 Å². The number of carbonyl (C=O) groups is 1. The minimum absolute atomic E-state index is 0.302. The minimum atomic E-state index is -0.302. The van der Waals surface area contributed by atoms with Gasteiger partial charge in [-0.1, -0.05) is 42.8 Å². The molecule has 0 aliphatic rings. The molecule has 0 saturated heterocycles. The van der Waals surface area contributed by atoms with Gasteiger partial charge in [0.1, 0.15) is 0 Å². The van der Waals surface area contributed by atoms with E-state index < -0.39 is 0 Å². The molecule has 6 heteroatoms. The van der Waals surface area contributed by atoms with Crippen LogP contribution < -0.4 is 10.6 Å². The molecule has 27 heavy (non-hydrogen) atoms. The van der Waals surface area contributed by atoms with Crippen LogP contribution in [0, 0.1) is 13.8 Å². The van der Waals surface area contributed by atoms with Crippen molar-refractivity contribution in [1.29, 1.82) is 0 Å². The van der Waals surface area contributed by atoms with Gasteiger partial charge in [-0.25, -0.2) is 9.97 Å². The van der Waals surface area contributed by atoms with Gasteiger partial charge in [-0.05, 0) is 49.1 Å². The van der Waals surface area contributed by atoms with Gasteiger partial charge in [0.05, 0.1) is 16.3 Å². The maximum Gasteiger partial charge on any atom is 0.258 e. The van der Waals surface area contributed by atoms with Crippen LogP contribution in [0.15, 0.2) is 48.8 Å². The molecule has 0 aliphatic heterocycles. The van der Waals surface area contributed by atoms with Gasteiger partial charge >= 0.3 is 0 Å². The topological polar surface area (TPSA) is 66.9 Å². The summed E-state index contributed by atoms with van der Waals surface area (Å²) in [6.07, 6.45) is 3.90. The minimum Gasteiger partial charge on any atom is -0.324 e. The van der Waals surface area contributed by atoms with Crippen LogP contribution in [0.1, 0.15) is 34.0 Å². The Kier molecular flexibility index (Phi) is 5.72. The highest BCUT2D eigenvalue weighted by atomic mass is 35.5. The predicted octanol–water partition coefficient (Wildman–Crippen LogP) is 5.31. The van der Waals surface area contributed by atoms with Crippen LogP contribution in [0.2, 0.25) is 5.02 Å². The van der Waals surface area contributed by atoms with Crippen LogP contribution in [0.3, 0.4) is 0 Å². The van der Waals surface area contributed by atoms with Gasteiger partial charge in [0.2, 0.25) is 5.95 Å². The average Bonchev–Trinajstić information content (AvgIpc) is 2.65. The number of hydrogen-bond acceptors (Lipinski definition) is 4. The number of hydrogen-bond donors (Lipinski definition) is 2. The first-order valence-corrected chi connectivity index (χ1v) is 9.10. The molecule has 1 heterocycles. The van der Waals surface area contributed by atoms with Gasteiger partial charge in [0.25, 0.3) is 5.91 Å². The van der Waals surface area contributed by atoms with Crippen molar-refractivity contribution in [2.45, 2.75) is 27.2 Å². The maximum atomic E-state index is 12.5. The lowest BCUT2D eigenvalue weighted by atomic mass is 10.1. The van der Waals surface area contributed by atoms with Gasteiger partial charge in [0, 0.05) is 18.1 Å². The second kappa shape index (κ2) is 8.18. The molecule has 0 bridgehead atoms. The maximum absolute atomic E-state index is 12.5. The third-order valence-corrected chi connectivity index (χ3v) is 4.53. The summed E-state index contributed by atoms with van der Waals surface area (Å²) < 4.78 is 0. The number of anilines is 3. The number of rotatable bonds is 5. The Bertz CT molecular complexity index is 947. The Hall–Kier alpha value is -2.92. The SMILES string of the molecule is CCc1ccccc1Nc1ncc(C(=O)Nc2c(C)cc(C)cc2Cl)cn1. The van der Waals surface area contributed by atoms with Crippen molar-refractivity contribution in [3.63, 3.8) is 0 Å². The second-order valence-electron chi connectivity index (χ2n) is 6.32. The summed E-state index contributed by atoms with van der Waals surface area (Å²) in [6, 6.07) is 11.8. The molecule has 2 N–H and O–H groups in total. The molecular formula is C21H21ClN4O. The normalized spacial score (nSPS) is 10.5. The number of para-hydroxylation sites is 1. The molecule has 0 saturated carbocycles.